The third-order valence-electron chi connectivity index (χ3n) is 5.61. The lowest BCUT2D eigenvalue weighted by Gasteiger charge is -2.45. The first kappa shape index (κ1) is 18.4. The van der Waals surface area contributed by atoms with Gasteiger partial charge in [-0.2, -0.15) is 0 Å². The second kappa shape index (κ2) is 6.38. The number of ether oxygens (including phenoxy) is 1. The normalized spacial score (nSPS) is 27.3. The lowest BCUT2D eigenvalue weighted by atomic mass is 10.1. The number of hydrogen-bond donors (Lipinski definition) is 0. The molecule has 0 spiro atoms. The molecule has 1 aromatic rings. The van der Waals surface area contributed by atoms with Gasteiger partial charge < -0.3 is 9.16 Å². The number of benzene rings is 1. The van der Waals surface area contributed by atoms with Gasteiger partial charge in [0.1, 0.15) is 0 Å². The molecule has 2 aliphatic heterocycles. The van der Waals surface area contributed by atoms with Crippen LogP contribution in [-0.4, -0.2) is 31.6 Å². The fourth-order valence-corrected chi connectivity index (χ4v) is 4.48. The Morgan fingerprint density at radius 1 is 1.20 bits per heavy atom. The van der Waals surface area contributed by atoms with Gasteiger partial charge in [0.2, 0.25) is 5.91 Å². The second-order valence-corrected chi connectivity index (χ2v) is 13.2. The summed E-state index contributed by atoms with van der Waals surface area (Å²) in [5.41, 5.74) is 0.891. The molecule has 25 heavy (non-hydrogen) atoms. The Hall–Kier alpha value is -1.43. The first-order chi connectivity index (χ1) is 11.7. The molecule has 0 aromatic heterocycles. The van der Waals surface area contributed by atoms with Crippen LogP contribution in [0.1, 0.15) is 45.3 Å². The van der Waals surface area contributed by atoms with Crippen molar-refractivity contribution in [2.24, 2.45) is 0 Å². The first-order valence-electron chi connectivity index (χ1n) is 9.06. The van der Waals surface area contributed by atoms with Crippen molar-refractivity contribution in [3.8, 4) is 0 Å². The van der Waals surface area contributed by atoms with E-state index in [0.29, 0.717) is 13.0 Å². The standard InChI is InChI=1S/C20H29NO3Si/c1-19(2,3)25(4,5)24-20-14-10-7-11-15-21(20)18(22)17(23-20)16-12-8-6-9-13-16/h6-9,11-13,17H,10,14-15H2,1-5H3/t17-,20?/m0/s1. The summed E-state index contributed by atoms with van der Waals surface area (Å²) in [4.78, 5) is 14.9. The predicted molar refractivity (Wildman–Crippen MR) is 101 cm³/mol. The van der Waals surface area contributed by atoms with Gasteiger partial charge in [0.15, 0.2) is 14.4 Å². The third kappa shape index (κ3) is 3.33. The molecule has 4 nitrogen and oxygen atoms in total. The Kier molecular flexibility index (Phi) is 4.68. The number of allylic oxidation sites excluding steroid dienone is 1. The summed E-state index contributed by atoms with van der Waals surface area (Å²) in [5.74, 6) is -0.958. The van der Waals surface area contributed by atoms with Crippen molar-refractivity contribution in [2.75, 3.05) is 6.54 Å². The zero-order valence-corrected chi connectivity index (χ0v) is 16.9. The maximum absolute atomic E-state index is 13.1. The number of nitrogens with zero attached hydrogens (tertiary/aromatic N) is 1. The number of rotatable bonds is 3. The van der Waals surface area contributed by atoms with Gasteiger partial charge in [-0.1, -0.05) is 63.3 Å². The fourth-order valence-electron chi connectivity index (χ4n) is 3.11. The molecule has 1 saturated heterocycles. The van der Waals surface area contributed by atoms with E-state index in [0.717, 1.165) is 12.0 Å². The van der Waals surface area contributed by atoms with Crippen molar-refractivity contribution in [1.29, 1.82) is 0 Å². The third-order valence-corrected chi connectivity index (χ3v) is 10.0. The van der Waals surface area contributed by atoms with E-state index >= 15 is 0 Å². The summed E-state index contributed by atoms with van der Waals surface area (Å²) in [5, 5.41) is 0.0460. The maximum Gasteiger partial charge on any atom is 0.260 e. The quantitative estimate of drug-likeness (QED) is 0.584. The molecule has 0 aliphatic carbocycles. The lowest BCUT2D eigenvalue weighted by molar-refractivity contribution is -0.244. The van der Waals surface area contributed by atoms with Crippen LogP contribution in [0.3, 0.4) is 0 Å². The zero-order valence-electron chi connectivity index (χ0n) is 15.9. The molecule has 1 unspecified atom stereocenters. The van der Waals surface area contributed by atoms with Crippen LogP contribution in [-0.2, 0) is 14.0 Å². The zero-order chi connectivity index (χ0) is 18.3. The van der Waals surface area contributed by atoms with Crippen LogP contribution in [0.2, 0.25) is 18.1 Å². The summed E-state index contributed by atoms with van der Waals surface area (Å²) >= 11 is 0. The largest absolute Gasteiger partial charge is 0.374 e. The molecule has 2 aliphatic rings. The molecular formula is C20H29NO3Si. The van der Waals surface area contributed by atoms with Crippen molar-refractivity contribution in [1.82, 2.24) is 4.90 Å². The lowest BCUT2D eigenvalue weighted by Crippen LogP contribution is -2.56. The van der Waals surface area contributed by atoms with Crippen LogP contribution >= 0.6 is 0 Å². The molecule has 5 heteroatoms. The van der Waals surface area contributed by atoms with Gasteiger partial charge in [0.25, 0.3) is 5.91 Å². The van der Waals surface area contributed by atoms with Gasteiger partial charge in [-0.05, 0) is 30.1 Å². The van der Waals surface area contributed by atoms with E-state index in [2.05, 4.69) is 39.9 Å². The summed E-state index contributed by atoms with van der Waals surface area (Å²) in [6.07, 6.45) is 5.09. The number of carbonyl (C=O) groups excluding carboxylic acids is 1. The molecular weight excluding hydrogens is 330 g/mol. The molecule has 136 valence electrons. The smallest absolute Gasteiger partial charge is 0.260 e. The number of carbonyl (C=O) groups is 1. The van der Waals surface area contributed by atoms with Crippen molar-refractivity contribution >= 4 is 14.2 Å². The van der Waals surface area contributed by atoms with Gasteiger partial charge in [-0.15, -0.1) is 0 Å². The highest BCUT2D eigenvalue weighted by Crippen LogP contribution is 2.47. The summed E-state index contributed by atoms with van der Waals surface area (Å²) in [6, 6.07) is 9.73. The maximum atomic E-state index is 13.1. The van der Waals surface area contributed by atoms with Crippen LogP contribution in [0.5, 0.6) is 0 Å². The predicted octanol–water partition coefficient (Wildman–Crippen LogP) is 4.61. The van der Waals surface area contributed by atoms with Gasteiger partial charge in [0.05, 0.1) is 0 Å². The molecule has 1 fully saturated rings. The van der Waals surface area contributed by atoms with Crippen LogP contribution in [0.15, 0.2) is 42.5 Å². The van der Waals surface area contributed by atoms with E-state index in [1.807, 2.05) is 36.4 Å². The fraction of sp³-hybridized carbons (Fsp3) is 0.550. The van der Waals surface area contributed by atoms with Crippen LogP contribution in [0, 0.1) is 0 Å². The molecule has 0 saturated carbocycles. The molecule has 0 N–H and O–H groups in total. The Morgan fingerprint density at radius 2 is 1.88 bits per heavy atom. The SMILES string of the molecule is CC(C)(C)[Si](C)(C)OC12CCC=CCN1C(=O)[C@H](c1ccccc1)O2. The minimum absolute atomic E-state index is 0.00328. The molecule has 1 amide bonds. The molecule has 0 radical (unpaired) electrons. The average molecular weight is 360 g/mol. The highest BCUT2D eigenvalue weighted by atomic mass is 28.4. The van der Waals surface area contributed by atoms with E-state index in [1.165, 1.54) is 0 Å². The number of amides is 1. The van der Waals surface area contributed by atoms with Gasteiger partial charge in [-0.25, -0.2) is 0 Å². The second-order valence-electron chi connectivity index (χ2n) is 8.44. The average Bonchev–Trinajstić information content (AvgIpc) is 2.69. The van der Waals surface area contributed by atoms with Crippen LogP contribution in [0.4, 0.5) is 0 Å². The van der Waals surface area contributed by atoms with Crippen molar-refractivity contribution in [2.45, 2.75) is 63.8 Å². The topological polar surface area (TPSA) is 38.8 Å². The minimum Gasteiger partial charge on any atom is -0.374 e. The van der Waals surface area contributed by atoms with Crippen molar-refractivity contribution in [3.05, 3.63) is 48.0 Å². The summed E-state index contributed by atoms with van der Waals surface area (Å²) < 4.78 is 13.1. The number of hydrogen-bond acceptors (Lipinski definition) is 3. The van der Waals surface area contributed by atoms with E-state index in [9.17, 15) is 4.79 Å². The monoisotopic (exact) mass is 359 g/mol. The van der Waals surface area contributed by atoms with Gasteiger partial charge >= 0.3 is 0 Å². The van der Waals surface area contributed by atoms with E-state index in [1.54, 1.807) is 4.90 Å². The Labute approximate surface area is 151 Å². The van der Waals surface area contributed by atoms with Gasteiger partial charge in [-0.3, -0.25) is 9.69 Å². The van der Waals surface area contributed by atoms with Crippen molar-refractivity contribution in [3.63, 3.8) is 0 Å². The Bertz CT molecular complexity index is 665. The Balaban J connectivity index is 1.98. The van der Waals surface area contributed by atoms with Crippen LogP contribution in [0.25, 0.3) is 0 Å². The summed E-state index contributed by atoms with van der Waals surface area (Å²) in [7, 11) is -2.12. The molecule has 3 rings (SSSR count). The molecule has 1 aromatic carbocycles. The highest BCUT2D eigenvalue weighted by Gasteiger charge is 2.57. The van der Waals surface area contributed by atoms with Crippen molar-refractivity contribution < 1.29 is 14.0 Å². The Morgan fingerprint density at radius 3 is 2.52 bits per heavy atom. The van der Waals surface area contributed by atoms with Crippen LogP contribution < -0.4 is 0 Å². The first-order valence-corrected chi connectivity index (χ1v) is 12.0. The summed E-state index contributed by atoms with van der Waals surface area (Å²) in [6.45, 7) is 11.6. The minimum atomic E-state index is -2.12. The van der Waals surface area contributed by atoms with E-state index < -0.39 is 20.3 Å². The molecule has 2 heterocycles. The number of fused-ring (bicyclic) bond motifs is 1. The van der Waals surface area contributed by atoms with Gasteiger partial charge in [0, 0.05) is 13.0 Å². The molecule has 0 bridgehead atoms. The van der Waals surface area contributed by atoms with E-state index in [-0.39, 0.29) is 10.9 Å². The molecule has 2 atom stereocenters. The van der Waals surface area contributed by atoms with E-state index in [4.69, 9.17) is 9.16 Å². The highest BCUT2D eigenvalue weighted by molar-refractivity contribution is 6.74.